The number of anilines is 1. The molecule has 0 amide bonds. The quantitative estimate of drug-likeness (QED) is 0.416. The van der Waals surface area contributed by atoms with Gasteiger partial charge < -0.3 is 4.74 Å². The molecule has 2 aromatic heterocycles. The largest absolute Gasteiger partial charge is 0.456 e. The number of esters is 1. The Morgan fingerprint density at radius 3 is 2.61 bits per heavy atom. The number of carbonyl (C=O) groups excluding carboxylic acids is 1. The number of hydrogen-bond donors (Lipinski definition) is 1. The molecule has 0 saturated heterocycles. The Morgan fingerprint density at radius 2 is 1.85 bits per heavy atom. The van der Waals surface area contributed by atoms with Crippen LogP contribution in [0.2, 0.25) is 5.02 Å². The Labute approximate surface area is 192 Å². The van der Waals surface area contributed by atoms with E-state index in [-0.39, 0.29) is 28.4 Å². The highest BCUT2D eigenvalue weighted by Gasteiger charge is 2.17. The molecule has 0 spiro atoms. The molecule has 33 heavy (non-hydrogen) atoms. The van der Waals surface area contributed by atoms with Crippen LogP contribution in [0, 0.1) is 5.82 Å². The number of ether oxygens (including phenoxy) is 1. The standard InChI is InChI=1S/C22H15ClFN3O5S/c23-15-4-9-20-25-18(11-21(28)27(20)12-15)13-32-22(29)14-2-1-3-19(10-14)33(30,31)26-17-7-5-16(24)6-8-17/h1-12,26H,13H2. The molecule has 8 nitrogen and oxygen atoms in total. The second kappa shape index (κ2) is 9.00. The Morgan fingerprint density at radius 1 is 1.09 bits per heavy atom. The second-order valence-corrected chi connectivity index (χ2v) is 9.00. The molecule has 168 valence electrons. The predicted octanol–water partition coefficient (Wildman–Crippen LogP) is 3.64. The summed E-state index contributed by atoms with van der Waals surface area (Å²) in [5.74, 6) is -1.30. The van der Waals surface area contributed by atoms with Gasteiger partial charge in [0, 0.05) is 18.0 Å². The number of benzene rings is 2. The molecule has 0 aliphatic heterocycles. The van der Waals surface area contributed by atoms with Crippen molar-refractivity contribution in [2.24, 2.45) is 0 Å². The topological polar surface area (TPSA) is 107 Å². The van der Waals surface area contributed by atoms with E-state index in [1.807, 2.05) is 0 Å². The molecule has 11 heteroatoms. The number of aromatic nitrogens is 2. The van der Waals surface area contributed by atoms with Crippen molar-refractivity contribution in [1.82, 2.24) is 9.38 Å². The molecule has 0 aliphatic rings. The van der Waals surface area contributed by atoms with Crippen molar-refractivity contribution >= 4 is 38.9 Å². The van der Waals surface area contributed by atoms with Crippen LogP contribution in [0.1, 0.15) is 16.1 Å². The number of fused-ring (bicyclic) bond motifs is 1. The van der Waals surface area contributed by atoms with Gasteiger partial charge in [-0.15, -0.1) is 0 Å². The molecule has 4 aromatic rings. The van der Waals surface area contributed by atoms with E-state index in [2.05, 4.69) is 9.71 Å². The highest BCUT2D eigenvalue weighted by atomic mass is 35.5. The molecule has 0 radical (unpaired) electrons. The molecular weight excluding hydrogens is 473 g/mol. The van der Waals surface area contributed by atoms with Gasteiger partial charge in [0.25, 0.3) is 15.6 Å². The van der Waals surface area contributed by atoms with Gasteiger partial charge in [0.1, 0.15) is 18.1 Å². The van der Waals surface area contributed by atoms with Gasteiger partial charge in [0.15, 0.2) is 0 Å². The Bertz CT molecular complexity index is 1520. The van der Waals surface area contributed by atoms with Crippen molar-refractivity contribution in [2.75, 3.05) is 4.72 Å². The number of halogens is 2. The lowest BCUT2D eigenvalue weighted by Crippen LogP contribution is -2.17. The van der Waals surface area contributed by atoms with E-state index in [0.717, 1.165) is 18.2 Å². The van der Waals surface area contributed by atoms with Gasteiger partial charge in [0.2, 0.25) is 0 Å². The summed E-state index contributed by atoms with van der Waals surface area (Å²) in [6.45, 7) is -0.294. The molecule has 0 atom stereocenters. The molecule has 1 N–H and O–H groups in total. The number of sulfonamides is 1. The second-order valence-electron chi connectivity index (χ2n) is 6.88. The first kappa shape index (κ1) is 22.4. The molecule has 0 fully saturated rings. The zero-order valence-electron chi connectivity index (χ0n) is 16.7. The van der Waals surface area contributed by atoms with E-state index in [0.29, 0.717) is 10.7 Å². The van der Waals surface area contributed by atoms with E-state index < -0.39 is 27.4 Å². The fourth-order valence-corrected chi connectivity index (χ4v) is 4.21. The monoisotopic (exact) mass is 487 g/mol. The molecule has 2 heterocycles. The van der Waals surface area contributed by atoms with Gasteiger partial charge in [0.05, 0.1) is 21.2 Å². The van der Waals surface area contributed by atoms with E-state index >= 15 is 0 Å². The van der Waals surface area contributed by atoms with Crippen LogP contribution in [0.4, 0.5) is 10.1 Å². The number of rotatable bonds is 6. The fourth-order valence-electron chi connectivity index (χ4n) is 2.95. The van der Waals surface area contributed by atoms with Crippen LogP contribution in [0.3, 0.4) is 0 Å². The van der Waals surface area contributed by atoms with Gasteiger partial charge in [-0.2, -0.15) is 0 Å². The molecule has 0 saturated carbocycles. The zero-order valence-corrected chi connectivity index (χ0v) is 18.3. The average Bonchev–Trinajstić information content (AvgIpc) is 2.79. The molecular formula is C22H15ClFN3O5S. The van der Waals surface area contributed by atoms with Crippen molar-refractivity contribution in [2.45, 2.75) is 11.5 Å². The summed E-state index contributed by atoms with van der Waals surface area (Å²) in [4.78, 5) is 28.8. The lowest BCUT2D eigenvalue weighted by atomic mass is 10.2. The van der Waals surface area contributed by atoms with Gasteiger partial charge >= 0.3 is 5.97 Å². The smallest absolute Gasteiger partial charge is 0.338 e. The van der Waals surface area contributed by atoms with Crippen molar-refractivity contribution in [1.29, 1.82) is 0 Å². The van der Waals surface area contributed by atoms with Gasteiger partial charge in [-0.3, -0.25) is 13.9 Å². The third kappa shape index (κ3) is 5.18. The minimum absolute atomic E-state index is 0.0127. The Kier molecular flexibility index (Phi) is 6.12. The molecule has 0 aliphatic carbocycles. The average molecular weight is 488 g/mol. The summed E-state index contributed by atoms with van der Waals surface area (Å²) in [6.07, 6.45) is 1.42. The first-order valence-electron chi connectivity index (χ1n) is 9.45. The minimum atomic E-state index is -4.03. The zero-order chi connectivity index (χ0) is 23.6. The van der Waals surface area contributed by atoms with Crippen molar-refractivity contribution < 1.29 is 22.3 Å². The van der Waals surface area contributed by atoms with Crippen LogP contribution in [0.15, 0.2) is 82.6 Å². The number of nitrogens with zero attached hydrogens (tertiary/aromatic N) is 2. The van der Waals surface area contributed by atoms with Crippen molar-refractivity contribution in [3.05, 3.63) is 105 Å². The summed E-state index contributed by atoms with van der Waals surface area (Å²) in [5.41, 5.74) is 0.310. The number of pyridine rings is 1. The molecule has 4 rings (SSSR count). The molecule has 2 aromatic carbocycles. The summed E-state index contributed by atoms with van der Waals surface area (Å²) in [5, 5.41) is 0.370. The molecule has 0 unspecified atom stereocenters. The minimum Gasteiger partial charge on any atom is -0.456 e. The van der Waals surface area contributed by atoms with Crippen LogP contribution >= 0.6 is 11.6 Å². The number of hydrogen-bond acceptors (Lipinski definition) is 6. The molecule has 0 bridgehead atoms. The summed E-state index contributed by atoms with van der Waals surface area (Å²) < 4.78 is 47.0. The van der Waals surface area contributed by atoms with Crippen LogP contribution in [-0.2, 0) is 21.4 Å². The van der Waals surface area contributed by atoms with E-state index in [9.17, 15) is 22.4 Å². The normalized spacial score (nSPS) is 11.3. The number of nitrogens with one attached hydrogen (secondary N) is 1. The third-order valence-electron chi connectivity index (χ3n) is 4.50. The highest BCUT2D eigenvalue weighted by Crippen LogP contribution is 2.18. The van der Waals surface area contributed by atoms with Gasteiger partial charge in [-0.05, 0) is 54.6 Å². The Balaban J connectivity index is 1.50. The van der Waals surface area contributed by atoms with Crippen molar-refractivity contribution in [3.63, 3.8) is 0 Å². The van der Waals surface area contributed by atoms with E-state index in [1.165, 1.54) is 47.0 Å². The lowest BCUT2D eigenvalue weighted by molar-refractivity contribution is 0.0467. The maximum absolute atomic E-state index is 13.0. The Hall–Kier alpha value is -3.76. The third-order valence-corrected chi connectivity index (χ3v) is 6.11. The van der Waals surface area contributed by atoms with Crippen LogP contribution < -0.4 is 10.3 Å². The SMILES string of the molecule is O=C(OCc1cc(=O)n2cc(Cl)ccc2n1)c1cccc(S(=O)(=O)Nc2ccc(F)cc2)c1. The first-order chi connectivity index (χ1) is 15.7. The van der Waals surface area contributed by atoms with Crippen LogP contribution in [0.5, 0.6) is 0 Å². The van der Waals surface area contributed by atoms with Crippen molar-refractivity contribution in [3.8, 4) is 0 Å². The maximum Gasteiger partial charge on any atom is 0.338 e. The fraction of sp³-hybridized carbons (Fsp3) is 0.0455. The van der Waals surface area contributed by atoms with Crippen LogP contribution in [-0.4, -0.2) is 23.8 Å². The summed E-state index contributed by atoms with van der Waals surface area (Å²) in [7, 11) is -4.03. The van der Waals surface area contributed by atoms with E-state index in [1.54, 1.807) is 12.1 Å². The first-order valence-corrected chi connectivity index (χ1v) is 11.3. The van der Waals surface area contributed by atoms with E-state index in [4.69, 9.17) is 16.3 Å². The summed E-state index contributed by atoms with van der Waals surface area (Å²) in [6, 6.07) is 14.4. The highest BCUT2D eigenvalue weighted by molar-refractivity contribution is 7.92. The summed E-state index contributed by atoms with van der Waals surface area (Å²) >= 11 is 5.88. The van der Waals surface area contributed by atoms with Gasteiger partial charge in [-0.1, -0.05) is 17.7 Å². The lowest BCUT2D eigenvalue weighted by Gasteiger charge is -2.10. The maximum atomic E-state index is 13.0. The predicted molar refractivity (Wildman–Crippen MR) is 119 cm³/mol. The van der Waals surface area contributed by atoms with Crippen LogP contribution in [0.25, 0.3) is 5.65 Å². The number of carbonyl (C=O) groups is 1. The van der Waals surface area contributed by atoms with Gasteiger partial charge in [-0.25, -0.2) is 22.6 Å².